The van der Waals surface area contributed by atoms with E-state index in [4.69, 9.17) is 14.2 Å². The van der Waals surface area contributed by atoms with Crippen LogP contribution in [-0.4, -0.2) is 41.5 Å². The van der Waals surface area contributed by atoms with Gasteiger partial charge in [0.25, 0.3) is 0 Å². The van der Waals surface area contributed by atoms with Gasteiger partial charge in [-0.25, -0.2) is 9.59 Å². The predicted octanol–water partition coefficient (Wildman–Crippen LogP) is 4.07. The Balaban J connectivity index is 4.92. The summed E-state index contributed by atoms with van der Waals surface area (Å²) in [6, 6.07) is -0.371. The van der Waals surface area contributed by atoms with E-state index < -0.39 is 28.9 Å². The Morgan fingerprint density at radius 1 is 0.926 bits per heavy atom. The summed E-state index contributed by atoms with van der Waals surface area (Å²) < 4.78 is 16.1. The molecule has 0 bridgehead atoms. The highest BCUT2D eigenvalue weighted by atomic mass is 16.6. The molecule has 0 heterocycles. The van der Waals surface area contributed by atoms with Gasteiger partial charge >= 0.3 is 12.1 Å². The van der Waals surface area contributed by atoms with Gasteiger partial charge in [-0.05, 0) is 67.7 Å². The van der Waals surface area contributed by atoms with Crippen LogP contribution in [-0.2, 0) is 19.0 Å². The molecule has 0 aliphatic rings. The second-order valence-electron chi connectivity index (χ2n) is 9.48. The number of carbonyl (C=O) groups excluding carboxylic acids is 2. The average molecular weight is 384 g/mol. The van der Waals surface area contributed by atoms with Crippen molar-refractivity contribution in [1.29, 1.82) is 0 Å². The summed E-state index contributed by atoms with van der Waals surface area (Å²) in [5, 5.41) is 2.79. The molecule has 1 amide bonds. The number of hydrogen-bond acceptors (Lipinski definition) is 5. The molecular weight excluding hydrogens is 346 g/mol. The van der Waals surface area contributed by atoms with Crippen LogP contribution in [0.15, 0.2) is 0 Å². The Labute approximate surface area is 164 Å². The first-order valence-corrected chi connectivity index (χ1v) is 9.37. The molecule has 0 aromatic carbocycles. The number of esters is 1. The molecule has 0 saturated carbocycles. The van der Waals surface area contributed by atoms with Gasteiger partial charge in [-0.15, -0.1) is 0 Å². The van der Waals surface area contributed by atoms with Crippen LogP contribution in [0, 0.1) is 17.8 Å². The van der Waals surface area contributed by atoms with Gasteiger partial charge in [-0.2, -0.15) is 0 Å². The van der Waals surface area contributed by atoms with Crippen LogP contribution < -0.4 is 5.32 Å². The number of rotatable bonds is 6. The van der Waals surface area contributed by atoms with Gasteiger partial charge in [0.05, 0.1) is 6.04 Å². The number of carbonyl (C=O) groups is 2. The smallest absolute Gasteiger partial charge is 0.408 e. The Morgan fingerprint density at radius 3 is 1.89 bits per heavy atom. The molecule has 156 valence electrons. The average Bonchev–Trinajstić information content (AvgIpc) is 2.38. The number of amides is 1. The Morgan fingerprint density at radius 2 is 1.44 bits per heavy atom. The molecule has 0 unspecified atom stereocenters. The third kappa shape index (κ3) is 15.1. The second kappa shape index (κ2) is 9.98. The number of hydrogen-bond donors (Lipinski definition) is 1. The Bertz CT molecular complexity index is 556. The van der Waals surface area contributed by atoms with E-state index in [1.807, 2.05) is 20.8 Å². The standard InChI is InChI=1S/C21H37NO5/c1-15(2)13-16(22-18(24)27-20(6,7)8)11-12-21(9,10)25-14-17(23)26-19(3,4)5/h15-16H,13-14H2,1-10H3,(H,22,24)/t16-/m1/s1. The normalized spacial score (nSPS) is 13.4. The van der Waals surface area contributed by atoms with Gasteiger partial charge in [0.2, 0.25) is 0 Å². The fourth-order valence-corrected chi connectivity index (χ4v) is 1.98. The largest absolute Gasteiger partial charge is 0.458 e. The van der Waals surface area contributed by atoms with Crippen LogP contribution in [0.2, 0.25) is 0 Å². The fourth-order valence-electron chi connectivity index (χ4n) is 1.98. The lowest BCUT2D eigenvalue weighted by molar-refractivity contribution is -0.163. The van der Waals surface area contributed by atoms with Crippen molar-refractivity contribution in [3.05, 3.63) is 0 Å². The van der Waals surface area contributed by atoms with Gasteiger partial charge in [-0.1, -0.05) is 25.7 Å². The molecule has 0 rings (SSSR count). The highest BCUT2D eigenvalue weighted by molar-refractivity contribution is 5.71. The summed E-state index contributed by atoms with van der Waals surface area (Å²) in [4.78, 5) is 23.8. The van der Waals surface area contributed by atoms with Crippen molar-refractivity contribution in [1.82, 2.24) is 5.32 Å². The van der Waals surface area contributed by atoms with E-state index in [0.29, 0.717) is 12.3 Å². The Kier molecular flexibility index (Phi) is 9.34. The first-order chi connectivity index (χ1) is 12.0. The van der Waals surface area contributed by atoms with E-state index in [2.05, 4.69) is 31.0 Å². The predicted molar refractivity (Wildman–Crippen MR) is 106 cm³/mol. The van der Waals surface area contributed by atoms with Crippen LogP contribution >= 0.6 is 0 Å². The molecule has 27 heavy (non-hydrogen) atoms. The number of ether oxygens (including phenoxy) is 3. The molecule has 0 saturated heterocycles. The molecule has 0 radical (unpaired) electrons. The summed E-state index contributed by atoms with van der Waals surface area (Å²) in [5.74, 6) is 5.94. The fraction of sp³-hybridized carbons (Fsp3) is 0.810. The molecule has 0 aliphatic carbocycles. The summed E-state index contributed by atoms with van der Waals surface area (Å²) >= 11 is 0. The van der Waals surface area contributed by atoms with Crippen molar-refractivity contribution in [2.75, 3.05) is 6.61 Å². The van der Waals surface area contributed by atoms with E-state index >= 15 is 0 Å². The molecule has 1 N–H and O–H groups in total. The maximum absolute atomic E-state index is 12.0. The number of alkyl carbamates (subject to hydrolysis) is 1. The zero-order valence-electron chi connectivity index (χ0n) is 18.6. The molecule has 6 heteroatoms. The minimum atomic E-state index is -0.859. The Hall–Kier alpha value is -1.74. The lowest BCUT2D eigenvalue weighted by Crippen LogP contribution is -2.39. The van der Waals surface area contributed by atoms with Crippen molar-refractivity contribution >= 4 is 12.1 Å². The van der Waals surface area contributed by atoms with Crippen molar-refractivity contribution in [2.24, 2.45) is 5.92 Å². The second-order valence-corrected chi connectivity index (χ2v) is 9.48. The van der Waals surface area contributed by atoms with Crippen LogP contribution in [0.3, 0.4) is 0 Å². The quantitative estimate of drug-likeness (QED) is 0.553. The molecule has 0 fully saturated rings. The van der Waals surface area contributed by atoms with Gasteiger partial charge in [0, 0.05) is 0 Å². The van der Waals surface area contributed by atoms with E-state index in [0.717, 1.165) is 0 Å². The zero-order chi connectivity index (χ0) is 21.5. The monoisotopic (exact) mass is 383 g/mol. The van der Waals surface area contributed by atoms with Crippen LogP contribution in [0.1, 0.15) is 75.7 Å². The third-order valence-corrected chi connectivity index (χ3v) is 2.92. The van der Waals surface area contributed by atoms with E-state index in [9.17, 15) is 9.59 Å². The van der Waals surface area contributed by atoms with Crippen LogP contribution in [0.5, 0.6) is 0 Å². The van der Waals surface area contributed by atoms with Crippen molar-refractivity contribution in [2.45, 2.75) is 98.5 Å². The number of nitrogens with one attached hydrogen (secondary N) is 1. The molecule has 1 atom stereocenters. The molecule has 0 aliphatic heterocycles. The van der Waals surface area contributed by atoms with Crippen LogP contribution in [0.4, 0.5) is 4.79 Å². The van der Waals surface area contributed by atoms with Gasteiger partial charge < -0.3 is 19.5 Å². The summed E-state index contributed by atoms with van der Waals surface area (Å²) in [5.41, 5.74) is -1.99. The highest BCUT2D eigenvalue weighted by Crippen LogP contribution is 2.12. The molecule has 0 aromatic rings. The summed E-state index contributed by atoms with van der Waals surface area (Å²) in [7, 11) is 0. The molecule has 0 aromatic heterocycles. The minimum Gasteiger partial charge on any atom is -0.458 e. The first-order valence-electron chi connectivity index (χ1n) is 9.37. The lowest BCUT2D eigenvalue weighted by atomic mass is 10.0. The zero-order valence-corrected chi connectivity index (χ0v) is 18.6. The van der Waals surface area contributed by atoms with Crippen molar-refractivity contribution < 1.29 is 23.8 Å². The summed E-state index contributed by atoms with van der Waals surface area (Å²) in [6.45, 7) is 18.3. The topological polar surface area (TPSA) is 73.9 Å². The maximum Gasteiger partial charge on any atom is 0.408 e. The van der Waals surface area contributed by atoms with Gasteiger partial charge in [-0.3, -0.25) is 0 Å². The van der Waals surface area contributed by atoms with Gasteiger partial charge in [0.15, 0.2) is 0 Å². The summed E-state index contributed by atoms with van der Waals surface area (Å²) in [6.07, 6.45) is 0.170. The molecule has 6 nitrogen and oxygen atoms in total. The lowest BCUT2D eigenvalue weighted by Gasteiger charge is -2.24. The first kappa shape index (κ1) is 25.3. The SMILES string of the molecule is CC(C)C[C@@H](C#CC(C)(C)OCC(=O)OC(C)(C)C)NC(=O)OC(C)(C)C. The maximum atomic E-state index is 12.0. The van der Waals surface area contributed by atoms with E-state index in [1.165, 1.54) is 0 Å². The van der Waals surface area contributed by atoms with E-state index in [1.54, 1.807) is 34.6 Å². The third-order valence-electron chi connectivity index (χ3n) is 2.92. The van der Waals surface area contributed by atoms with Crippen molar-refractivity contribution in [3.8, 4) is 11.8 Å². The molecule has 0 spiro atoms. The molecular formula is C21H37NO5. The van der Waals surface area contributed by atoms with Crippen LogP contribution in [0.25, 0.3) is 0 Å². The van der Waals surface area contributed by atoms with E-state index in [-0.39, 0.29) is 12.6 Å². The highest BCUT2D eigenvalue weighted by Gasteiger charge is 2.22. The van der Waals surface area contributed by atoms with Crippen molar-refractivity contribution in [3.63, 3.8) is 0 Å². The van der Waals surface area contributed by atoms with Gasteiger partial charge in [0.1, 0.15) is 23.4 Å². The minimum absolute atomic E-state index is 0.187.